The average Bonchev–Trinajstić information content (AvgIpc) is 2.81. The van der Waals surface area contributed by atoms with Crippen molar-refractivity contribution in [2.24, 2.45) is 10.2 Å². The molecule has 1 heterocycles. The molecule has 1 aromatic carbocycles. The molecule has 1 unspecified atom stereocenters. The fourth-order valence-electron chi connectivity index (χ4n) is 2.54. The highest BCUT2D eigenvalue weighted by molar-refractivity contribution is 7.79. The first-order valence-electron chi connectivity index (χ1n) is 6.61. The van der Waals surface area contributed by atoms with Crippen molar-refractivity contribution in [3.63, 3.8) is 0 Å². The van der Waals surface area contributed by atoms with Gasteiger partial charge in [0.15, 0.2) is 0 Å². The summed E-state index contributed by atoms with van der Waals surface area (Å²) in [7, 11) is 0. The SMILES string of the molecule is CCCc1cc(C2(C(F)(F)F)N=NC=C2C)ccc1C=S. The van der Waals surface area contributed by atoms with Crippen LogP contribution in [-0.4, -0.2) is 11.5 Å². The summed E-state index contributed by atoms with van der Waals surface area (Å²) in [5.74, 6) is 0. The van der Waals surface area contributed by atoms with Gasteiger partial charge in [-0.25, -0.2) is 0 Å². The number of azo groups is 1. The van der Waals surface area contributed by atoms with E-state index in [0.717, 1.165) is 17.5 Å². The topological polar surface area (TPSA) is 24.7 Å². The van der Waals surface area contributed by atoms with Crippen LogP contribution in [0.1, 0.15) is 37.0 Å². The van der Waals surface area contributed by atoms with E-state index in [0.29, 0.717) is 6.42 Å². The van der Waals surface area contributed by atoms with Gasteiger partial charge in [0, 0.05) is 5.37 Å². The summed E-state index contributed by atoms with van der Waals surface area (Å²) < 4.78 is 40.9. The minimum absolute atomic E-state index is 0.0764. The van der Waals surface area contributed by atoms with Crippen LogP contribution in [0.4, 0.5) is 13.2 Å². The van der Waals surface area contributed by atoms with Crippen molar-refractivity contribution in [2.75, 3.05) is 0 Å². The van der Waals surface area contributed by atoms with Crippen LogP contribution in [-0.2, 0) is 12.0 Å². The van der Waals surface area contributed by atoms with Crippen LogP contribution >= 0.6 is 12.2 Å². The Labute approximate surface area is 126 Å². The Morgan fingerprint density at radius 2 is 2.05 bits per heavy atom. The number of thiocarbonyl (C=S) groups is 1. The van der Waals surface area contributed by atoms with E-state index < -0.39 is 11.7 Å². The second-order valence-corrected chi connectivity index (χ2v) is 5.25. The van der Waals surface area contributed by atoms with Crippen LogP contribution in [0.3, 0.4) is 0 Å². The lowest BCUT2D eigenvalue weighted by molar-refractivity contribution is -0.177. The van der Waals surface area contributed by atoms with E-state index in [1.165, 1.54) is 24.6 Å². The van der Waals surface area contributed by atoms with Crippen molar-refractivity contribution >= 4 is 17.6 Å². The molecule has 0 radical (unpaired) electrons. The Bertz CT molecular complexity index is 620. The van der Waals surface area contributed by atoms with Crippen LogP contribution in [0.2, 0.25) is 0 Å². The molecular weight excluding hydrogens is 297 g/mol. The summed E-state index contributed by atoms with van der Waals surface area (Å²) in [5, 5.41) is 8.51. The lowest BCUT2D eigenvalue weighted by atomic mass is 9.82. The Hall–Kier alpha value is -1.56. The average molecular weight is 312 g/mol. The minimum atomic E-state index is -4.53. The highest BCUT2D eigenvalue weighted by Crippen LogP contribution is 2.50. The van der Waals surface area contributed by atoms with Gasteiger partial charge in [0.1, 0.15) is 0 Å². The van der Waals surface area contributed by atoms with Gasteiger partial charge in [0.05, 0.1) is 6.20 Å². The molecule has 1 aliphatic heterocycles. The minimum Gasteiger partial charge on any atom is -0.167 e. The number of benzene rings is 1. The molecule has 0 aromatic heterocycles. The van der Waals surface area contributed by atoms with Gasteiger partial charge in [0.25, 0.3) is 0 Å². The zero-order valence-corrected chi connectivity index (χ0v) is 12.6. The van der Waals surface area contributed by atoms with Gasteiger partial charge in [-0.2, -0.15) is 23.4 Å². The van der Waals surface area contributed by atoms with Gasteiger partial charge in [-0.15, -0.1) is 0 Å². The van der Waals surface area contributed by atoms with Crippen molar-refractivity contribution in [1.82, 2.24) is 0 Å². The maximum absolute atomic E-state index is 13.6. The van der Waals surface area contributed by atoms with Crippen LogP contribution in [0.25, 0.3) is 0 Å². The zero-order valence-electron chi connectivity index (χ0n) is 11.7. The maximum Gasteiger partial charge on any atom is 0.423 e. The van der Waals surface area contributed by atoms with Crippen LogP contribution in [0.15, 0.2) is 40.2 Å². The molecule has 112 valence electrons. The number of nitrogens with zero attached hydrogens (tertiary/aromatic N) is 2. The van der Waals surface area contributed by atoms with E-state index in [4.69, 9.17) is 12.2 Å². The van der Waals surface area contributed by atoms with E-state index >= 15 is 0 Å². The van der Waals surface area contributed by atoms with Gasteiger partial charge < -0.3 is 0 Å². The molecule has 0 fully saturated rings. The van der Waals surface area contributed by atoms with Crippen LogP contribution in [0.5, 0.6) is 0 Å². The van der Waals surface area contributed by atoms with Gasteiger partial charge in [-0.1, -0.05) is 43.8 Å². The summed E-state index contributed by atoms with van der Waals surface area (Å²) in [6, 6.07) is 4.62. The quantitative estimate of drug-likeness (QED) is 0.709. The summed E-state index contributed by atoms with van der Waals surface area (Å²) in [4.78, 5) is 0. The van der Waals surface area contributed by atoms with E-state index in [1.807, 2.05) is 6.92 Å². The Morgan fingerprint density at radius 3 is 2.52 bits per heavy atom. The monoisotopic (exact) mass is 312 g/mol. The number of hydrogen-bond donors (Lipinski definition) is 0. The molecule has 2 nitrogen and oxygen atoms in total. The zero-order chi connectivity index (χ0) is 15.7. The number of aryl methyl sites for hydroxylation is 1. The normalized spacial score (nSPS) is 21.5. The smallest absolute Gasteiger partial charge is 0.167 e. The molecule has 0 amide bonds. The molecule has 1 aromatic rings. The van der Waals surface area contributed by atoms with Gasteiger partial charge in [-0.05, 0) is 35.6 Å². The molecule has 1 aliphatic rings. The number of halogens is 3. The first kappa shape index (κ1) is 15.8. The maximum atomic E-state index is 13.6. The van der Waals surface area contributed by atoms with Gasteiger partial charge in [0.2, 0.25) is 5.54 Å². The van der Waals surface area contributed by atoms with E-state index in [-0.39, 0.29) is 11.1 Å². The molecule has 6 heteroatoms. The van der Waals surface area contributed by atoms with Crippen molar-refractivity contribution in [2.45, 2.75) is 38.4 Å². The number of hydrogen-bond acceptors (Lipinski definition) is 3. The highest BCUT2D eigenvalue weighted by Gasteiger charge is 2.59. The molecule has 2 rings (SSSR count). The summed E-state index contributed by atoms with van der Waals surface area (Å²) in [6.07, 6.45) is -1.87. The van der Waals surface area contributed by atoms with Crippen LogP contribution < -0.4 is 0 Å². The summed E-state index contributed by atoms with van der Waals surface area (Å²) >= 11 is 4.92. The molecule has 0 aliphatic carbocycles. The van der Waals surface area contributed by atoms with Gasteiger partial charge in [-0.3, -0.25) is 0 Å². The fraction of sp³-hybridized carbons (Fsp3) is 0.400. The molecular formula is C15H15F3N2S. The Morgan fingerprint density at radius 1 is 1.33 bits per heavy atom. The lowest BCUT2D eigenvalue weighted by Crippen LogP contribution is -2.40. The molecule has 1 atom stereocenters. The van der Waals surface area contributed by atoms with Crippen LogP contribution in [0, 0.1) is 0 Å². The standard InChI is InChI=1S/C15H15F3N2S/c1-3-4-11-7-13(6-5-12(11)9-21)14(15(16,17)18)10(2)8-19-20-14/h5-9H,3-4H2,1-2H3. The van der Waals surface area contributed by atoms with E-state index in [2.05, 4.69) is 10.2 Å². The summed E-state index contributed by atoms with van der Waals surface area (Å²) in [5.41, 5.74) is -0.607. The highest BCUT2D eigenvalue weighted by atomic mass is 32.1. The van der Waals surface area contributed by atoms with Gasteiger partial charge >= 0.3 is 6.18 Å². The third-order valence-electron chi connectivity index (χ3n) is 3.65. The van der Waals surface area contributed by atoms with Crippen molar-refractivity contribution in [3.8, 4) is 0 Å². The van der Waals surface area contributed by atoms with E-state index in [1.54, 1.807) is 12.1 Å². The number of alkyl halides is 3. The third-order valence-corrected chi connectivity index (χ3v) is 3.90. The lowest BCUT2D eigenvalue weighted by Gasteiger charge is -2.30. The fourth-order valence-corrected chi connectivity index (χ4v) is 2.77. The second-order valence-electron chi connectivity index (χ2n) is 5.02. The van der Waals surface area contributed by atoms with Crippen molar-refractivity contribution in [1.29, 1.82) is 0 Å². The Kier molecular flexibility index (Phi) is 4.27. The molecule has 0 bridgehead atoms. The third kappa shape index (κ3) is 2.52. The van der Waals surface area contributed by atoms with Crippen molar-refractivity contribution < 1.29 is 13.2 Å². The molecule has 0 N–H and O–H groups in total. The van der Waals surface area contributed by atoms with Crippen molar-refractivity contribution in [3.05, 3.63) is 46.7 Å². The molecule has 0 spiro atoms. The first-order valence-corrected chi connectivity index (χ1v) is 7.08. The van der Waals surface area contributed by atoms with E-state index in [9.17, 15) is 13.2 Å². The molecule has 0 saturated heterocycles. The summed E-state index contributed by atoms with van der Waals surface area (Å²) in [6.45, 7) is 3.37. The predicted octanol–water partition coefficient (Wildman–Crippen LogP) is 5.11. The second kappa shape index (κ2) is 5.67. The molecule has 0 saturated carbocycles. The largest absolute Gasteiger partial charge is 0.423 e. The first-order chi connectivity index (χ1) is 9.86. The Balaban J connectivity index is 2.63. The number of rotatable bonds is 4. The molecule has 21 heavy (non-hydrogen) atoms. The predicted molar refractivity (Wildman–Crippen MR) is 79.5 cm³/mol.